The first-order chi connectivity index (χ1) is 8.74. The zero-order valence-electron chi connectivity index (χ0n) is 10.7. The number of nitrogens with two attached hydrogens (primary N) is 1. The molecule has 5 nitrogen and oxygen atoms in total. The molecule has 1 fully saturated rings. The smallest absolute Gasteiger partial charge is 0.220 e. The Hall–Kier alpha value is -1.36. The molecule has 2 rings (SSSR count). The highest BCUT2D eigenvalue weighted by Gasteiger charge is 2.37. The maximum atomic E-state index is 11.8. The fraction of sp³-hybridized carbons (Fsp3) is 0.692. The van der Waals surface area contributed by atoms with Gasteiger partial charge in [0.15, 0.2) is 0 Å². The topological polar surface area (TPSA) is 83.8 Å². The molecule has 1 aliphatic rings. The Morgan fingerprint density at radius 1 is 1.56 bits per heavy atom. The highest BCUT2D eigenvalue weighted by Crippen LogP contribution is 2.42. The van der Waals surface area contributed by atoms with Gasteiger partial charge in [-0.25, -0.2) is 4.98 Å². The van der Waals surface area contributed by atoms with E-state index in [1.807, 2.05) is 6.20 Å². The Morgan fingerprint density at radius 3 is 2.94 bits per heavy atom. The van der Waals surface area contributed by atoms with E-state index in [2.05, 4.69) is 15.3 Å². The third kappa shape index (κ3) is 3.32. The Morgan fingerprint density at radius 2 is 2.39 bits per heavy atom. The van der Waals surface area contributed by atoms with Gasteiger partial charge in [-0.3, -0.25) is 4.79 Å². The second kappa shape index (κ2) is 6.00. The van der Waals surface area contributed by atoms with Crippen LogP contribution in [0.4, 0.5) is 0 Å². The summed E-state index contributed by atoms with van der Waals surface area (Å²) < 4.78 is 0. The molecule has 1 amide bonds. The van der Waals surface area contributed by atoms with Crippen LogP contribution in [0.15, 0.2) is 12.4 Å². The molecule has 1 heterocycles. The van der Waals surface area contributed by atoms with Gasteiger partial charge < -0.3 is 16.0 Å². The van der Waals surface area contributed by atoms with Gasteiger partial charge in [0.2, 0.25) is 5.91 Å². The number of nitrogens with one attached hydrogen (secondary N) is 2. The summed E-state index contributed by atoms with van der Waals surface area (Å²) in [4.78, 5) is 19.0. The maximum Gasteiger partial charge on any atom is 0.220 e. The van der Waals surface area contributed by atoms with E-state index in [1.54, 1.807) is 6.20 Å². The van der Waals surface area contributed by atoms with Crippen LogP contribution in [-0.2, 0) is 11.2 Å². The van der Waals surface area contributed by atoms with Crippen molar-refractivity contribution in [1.82, 2.24) is 15.3 Å². The van der Waals surface area contributed by atoms with Crippen LogP contribution in [0.25, 0.3) is 0 Å². The fourth-order valence-corrected chi connectivity index (χ4v) is 2.45. The monoisotopic (exact) mass is 250 g/mol. The number of aryl methyl sites for hydroxylation is 1. The number of H-pyrrole nitrogens is 1. The molecule has 0 bridgehead atoms. The predicted molar refractivity (Wildman–Crippen MR) is 69.9 cm³/mol. The molecule has 0 atom stereocenters. The number of nitrogens with zero attached hydrogens (tertiary/aromatic N) is 1. The molecule has 1 aromatic rings. The lowest BCUT2D eigenvalue weighted by atomic mass is 9.66. The van der Waals surface area contributed by atoms with Gasteiger partial charge in [0, 0.05) is 31.8 Å². The molecule has 18 heavy (non-hydrogen) atoms. The average molecular weight is 250 g/mol. The zero-order chi connectivity index (χ0) is 12.8. The first-order valence-electron chi connectivity index (χ1n) is 6.69. The lowest BCUT2D eigenvalue weighted by Crippen LogP contribution is -2.42. The standard InChI is InChI=1S/C13H22N4O/c14-10-13(4-2-5-13)9-12(18)17-6-1-3-11-15-7-8-16-11/h7-8H,1-6,9-10,14H2,(H,15,16)(H,17,18). The van der Waals surface area contributed by atoms with Crippen molar-refractivity contribution in [1.29, 1.82) is 0 Å². The van der Waals surface area contributed by atoms with Gasteiger partial charge in [-0.15, -0.1) is 0 Å². The van der Waals surface area contributed by atoms with Crippen molar-refractivity contribution >= 4 is 5.91 Å². The number of imidazole rings is 1. The Kier molecular flexibility index (Phi) is 4.36. The summed E-state index contributed by atoms with van der Waals surface area (Å²) in [5.41, 5.74) is 5.85. The van der Waals surface area contributed by atoms with Crippen LogP contribution in [0, 0.1) is 5.41 Å². The number of hydrogen-bond acceptors (Lipinski definition) is 3. The van der Waals surface area contributed by atoms with Crippen LogP contribution in [0.1, 0.15) is 37.9 Å². The minimum absolute atomic E-state index is 0.102. The molecule has 0 aliphatic heterocycles. The summed E-state index contributed by atoms with van der Waals surface area (Å²) in [6, 6.07) is 0. The fourth-order valence-electron chi connectivity index (χ4n) is 2.45. The van der Waals surface area contributed by atoms with Gasteiger partial charge in [0.25, 0.3) is 0 Å². The van der Waals surface area contributed by atoms with E-state index in [0.717, 1.165) is 31.5 Å². The summed E-state index contributed by atoms with van der Waals surface area (Å²) in [7, 11) is 0. The van der Waals surface area contributed by atoms with Crippen molar-refractivity contribution < 1.29 is 4.79 Å². The van der Waals surface area contributed by atoms with Crippen molar-refractivity contribution in [2.24, 2.45) is 11.1 Å². The van der Waals surface area contributed by atoms with Gasteiger partial charge >= 0.3 is 0 Å². The Labute approximate surface area is 108 Å². The summed E-state index contributed by atoms with van der Waals surface area (Å²) in [6.45, 7) is 1.34. The summed E-state index contributed by atoms with van der Waals surface area (Å²) in [5.74, 6) is 1.11. The third-order valence-corrected chi connectivity index (χ3v) is 3.85. The van der Waals surface area contributed by atoms with E-state index < -0.39 is 0 Å². The largest absolute Gasteiger partial charge is 0.356 e. The van der Waals surface area contributed by atoms with E-state index in [9.17, 15) is 4.79 Å². The molecule has 1 saturated carbocycles. The minimum Gasteiger partial charge on any atom is -0.356 e. The van der Waals surface area contributed by atoms with Crippen LogP contribution in [-0.4, -0.2) is 29.0 Å². The maximum absolute atomic E-state index is 11.8. The molecule has 0 radical (unpaired) electrons. The third-order valence-electron chi connectivity index (χ3n) is 3.85. The van der Waals surface area contributed by atoms with Gasteiger partial charge in [-0.1, -0.05) is 6.42 Å². The second-order valence-electron chi connectivity index (χ2n) is 5.22. The molecule has 1 aromatic heterocycles. The first kappa shape index (κ1) is 13.1. The quantitative estimate of drug-likeness (QED) is 0.631. The number of amides is 1. The van der Waals surface area contributed by atoms with Gasteiger partial charge in [-0.05, 0) is 31.2 Å². The summed E-state index contributed by atoms with van der Waals surface area (Å²) in [5, 5.41) is 2.97. The van der Waals surface area contributed by atoms with E-state index in [1.165, 1.54) is 6.42 Å². The molecular formula is C13H22N4O. The molecule has 0 saturated heterocycles. The highest BCUT2D eigenvalue weighted by molar-refractivity contribution is 5.76. The Bertz CT molecular complexity index is 365. The minimum atomic E-state index is 0.102. The number of carbonyl (C=O) groups is 1. The van der Waals surface area contributed by atoms with E-state index in [-0.39, 0.29) is 11.3 Å². The number of hydrogen-bond donors (Lipinski definition) is 3. The van der Waals surface area contributed by atoms with Crippen molar-refractivity contribution in [2.75, 3.05) is 13.1 Å². The highest BCUT2D eigenvalue weighted by atomic mass is 16.1. The SMILES string of the molecule is NCC1(CC(=O)NCCCc2ncc[nH]2)CCC1. The van der Waals surface area contributed by atoms with E-state index in [0.29, 0.717) is 19.5 Å². The Balaban J connectivity index is 1.60. The molecule has 0 aromatic carbocycles. The van der Waals surface area contributed by atoms with Crippen LogP contribution in [0.3, 0.4) is 0 Å². The van der Waals surface area contributed by atoms with E-state index >= 15 is 0 Å². The molecule has 0 spiro atoms. The number of aromatic nitrogens is 2. The molecule has 5 heteroatoms. The van der Waals surface area contributed by atoms with Crippen LogP contribution in [0.5, 0.6) is 0 Å². The lowest BCUT2D eigenvalue weighted by Gasteiger charge is -2.40. The number of aromatic amines is 1. The second-order valence-corrected chi connectivity index (χ2v) is 5.22. The average Bonchev–Trinajstić information content (AvgIpc) is 2.82. The van der Waals surface area contributed by atoms with Gasteiger partial charge in [0.05, 0.1) is 0 Å². The van der Waals surface area contributed by atoms with Crippen molar-refractivity contribution in [3.8, 4) is 0 Å². The van der Waals surface area contributed by atoms with Gasteiger partial charge in [0.1, 0.15) is 5.82 Å². The van der Waals surface area contributed by atoms with Crippen molar-refractivity contribution in [3.63, 3.8) is 0 Å². The molecule has 1 aliphatic carbocycles. The molecular weight excluding hydrogens is 228 g/mol. The summed E-state index contributed by atoms with van der Waals surface area (Å²) in [6.07, 6.45) is 9.34. The predicted octanol–water partition coefficient (Wildman–Crippen LogP) is 0.978. The number of rotatable bonds is 7. The van der Waals surface area contributed by atoms with Crippen LogP contribution < -0.4 is 11.1 Å². The normalized spacial score (nSPS) is 17.2. The first-order valence-corrected chi connectivity index (χ1v) is 6.69. The van der Waals surface area contributed by atoms with Crippen LogP contribution >= 0.6 is 0 Å². The molecule has 4 N–H and O–H groups in total. The molecule has 100 valence electrons. The lowest BCUT2D eigenvalue weighted by molar-refractivity contribution is -0.124. The van der Waals surface area contributed by atoms with Gasteiger partial charge in [-0.2, -0.15) is 0 Å². The molecule has 0 unspecified atom stereocenters. The van der Waals surface area contributed by atoms with Crippen molar-refractivity contribution in [2.45, 2.75) is 38.5 Å². The number of carbonyl (C=O) groups excluding carboxylic acids is 1. The summed E-state index contributed by atoms with van der Waals surface area (Å²) >= 11 is 0. The van der Waals surface area contributed by atoms with Crippen LogP contribution in [0.2, 0.25) is 0 Å². The van der Waals surface area contributed by atoms with E-state index in [4.69, 9.17) is 5.73 Å². The zero-order valence-corrected chi connectivity index (χ0v) is 10.7. The van der Waals surface area contributed by atoms with Crippen molar-refractivity contribution in [3.05, 3.63) is 18.2 Å².